The molecule has 0 aliphatic carbocycles. The van der Waals surface area contributed by atoms with E-state index in [-0.39, 0.29) is 36.7 Å². The van der Waals surface area contributed by atoms with Gasteiger partial charge >= 0.3 is 11.9 Å². The van der Waals surface area contributed by atoms with Crippen LogP contribution in [0, 0.1) is 17.0 Å². The maximum Gasteiger partial charge on any atom is 0.419 e. The van der Waals surface area contributed by atoms with Crippen molar-refractivity contribution in [2.75, 3.05) is 6.54 Å². The second-order valence-electron chi connectivity index (χ2n) is 10.1. The lowest BCUT2D eigenvalue weighted by Crippen LogP contribution is -2.40. The molecule has 1 atom stereocenters. The summed E-state index contributed by atoms with van der Waals surface area (Å²) in [6, 6.07) is 6.25. The number of nitrogens with zero attached hydrogens (tertiary/aromatic N) is 5. The number of rotatable bonds is 7. The highest BCUT2D eigenvalue weighted by atomic mass is 16.6. The molecule has 1 aliphatic heterocycles. The van der Waals surface area contributed by atoms with Crippen LogP contribution in [-0.2, 0) is 27.3 Å². The lowest BCUT2D eigenvalue weighted by molar-refractivity contribution is -0.392. The Bertz CT molecular complexity index is 1490. The fraction of sp³-hybridized carbons (Fsp3) is 0.385. The van der Waals surface area contributed by atoms with Crippen molar-refractivity contribution in [3.8, 4) is 0 Å². The molecule has 0 saturated heterocycles. The van der Waals surface area contributed by atoms with Crippen LogP contribution in [0.15, 0.2) is 48.0 Å². The number of fused-ring (bicyclic) bond motifs is 1. The smallest absolute Gasteiger partial charge is 0.419 e. The zero-order chi connectivity index (χ0) is 27.9. The number of imidazole rings is 1. The second-order valence-corrected chi connectivity index (χ2v) is 10.1. The molecule has 2 aromatic heterocycles. The van der Waals surface area contributed by atoms with Crippen molar-refractivity contribution in [2.24, 2.45) is 0 Å². The predicted octanol–water partition coefficient (Wildman–Crippen LogP) is 3.69. The van der Waals surface area contributed by atoms with Crippen LogP contribution >= 0.6 is 0 Å². The van der Waals surface area contributed by atoms with Crippen LogP contribution in [0.2, 0.25) is 0 Å². The summed E-state index contributed by atoms with van der Waals surface area (Å²) in [5, 5.41) is 23.1. The average molecular weight is 524 g/mol. The third-order valence-electron chi connectivity index (χ3n) is 6.36. The van der Waals surface area contributed by atoms with Crippen molar-refractivity contribution < 1.29 is 29.2 Å². The number of aryl methyl sites for hydroxylation is 1. The number of hydrogen-bond acceptors (Lipinski definition) is 8. The molecule has 1 amide bonds. The quantitative estimate of drug-likeness (QED) is 0.280. The van der Waals surface area contributed by atoms with E-state index in [4.69, 9.17) is 4.74 Å². The number of hydrogen-bond donors (Lipinski definition) is 1. The predicted molar refractivity (Wildman–Crippen MR) is 137 cm³/mol. The van der Waals surface area contributed by atoms with Gasteiger partial charge in [-0.25, -0.2) is 14.3 Å². The molecule has 38 heavy (non-hydrogen) atoms. The number of Topliss-reactive ketones (excluding diaryl/α,β-unsaturated/α-hetero) is 1. The van der Waals surface area contributed by atoms with Gasteiger partial charge in [-0.2, -0.15) is 0 Å². The number of ketones is 1. The van der Waals surface area contributed by atoms with Gasteiger partial charge in [-0.05, 0) is 44.2 Å². The molecule has 1 unspecified atom stereocenters. The molecule has 0 bridgehead atoms. The number of ether oxygens (including phenoxy) is 1. The molecule has 0 saturated carbocycles. The number of aliphatic hydroxyl groups excluding tert-OH is 1. The lowest BCUT2D eigenvalue weighted by atomic mass is 10.0. The number of aliphatic hydroxyl groups is 1. The molecule has 12 nitrogen and oxygen atoms in total. The number of amides is 1. The van der Waals surface area contributed by atoms with Gasteiger partial charge in [0.15, 0.2) is 11.6 Å². The molecule has 200 valence electrons. The SMILES string of the molecule is CC(=O)C1=C(O)C(Cc2cn(C(=O)OC(C)(C)C)c3ccccc23)N(CCn2c([N+](=O)[O-])cnc2C)C1=O. The lowest BCUT2D eigenvalue weighted by Gasteiger charge is -2.25. The molecule has 0 spiro atoms. The second kappa shape index (κ2) is 9.77. The topological polar surface area (TPSA) is 150 Å². The number of carbonyl (C=O) groups is 3. The van der Waals surface area contributed by atoms with Gasteiger partial charge in [0, 0.05) is 24.9 Å². The zero-order valence-corrected chi connectivity index (χ0v) is 21.8. The maximum atomic E-state index is 13.2. The van der Waals surface area contributed by atoms with Crippen LogP contribution in [0.3, 0.4) is 0 Å². The van der Waals surface area contributed by atoms with Gasteiger partial charge in [-0.15, -0.1) is 0 Å². The summed E-state index contributed by atoms with van der Waals surface area (Å²) in [5.74, 6) is -1.44. The minimum absolute atomic E-state index is 0.0207. The largest absolute Gasteiger partial charge is 0.509 e. The van der Waals surface area contributed by atoms with E-state index in [0.717, 1.165) is 11.6 Å². The van der Waals surface area contributed by atoms with E-state index >= 15 is 0 Å². The van der Waals surface area contributed by atoms with Crippen molar-refractivity contribution in [3.05, 3.63) is 69.5 Å². The van der Waals surface area contributed by atoms with E-state index in [1.807, 2.05) is 6.07 Å². The third-order valence-corrected chi connectivity index (χ3v) is 6.36. The first kappa shape index (κ1) is 26.6. The van der Waals surface area contributed by atoms with Gasteiger partial charge in [0.05, 0.1) is 18.1 Å². The van der Waals surface area contributed by atoms with Gasteiger partial charge in [0.2, 0.25) is 0 Å². The minimum Gasteiger partial charge on any atom is -0.509 e. The average Bonchev–Trinajstić information content (AvgIpc) is 3.44. The Hall–Kier alpha value is -4.48. The van der Waals surface area contributed by atoms with Gasteiger partial charge in [0.1, 0.15) is 29.7 Å². The highest BCUT2D eigenvalue weighted by Crippen LogP contribution is 2.31. The van der Waals surface area contributed by atoms with Gasteiger partial charge < -0.3 is 24.9 Å². The summed E-state index contributed by atoms with van der Waals surface area (Å²) in [7, 11) is 0. The summed E-state index contributed by atoms with van der Waals surface area (Å²) in [6.45, 7) is 8.10. The summed E-state index contributed by atoms with van der Waals surface area (Å²) in [5.41, 5.74) is 0.202. The number of carbonyl (C=O) groups excluding carboxylic acids is 3. The fourth-order valence-corrected chi connectivity index (χ4v) is 4.67. The normalized spacial score (nSPS) is 16.0. The molecular formula is C26H29N5O7. The summed E-state index contributed by atoms with van der Waals surface area (Å²) in [4.78, 5) is 54.5. The molecule has 0 radical (unpaired) electrons. The van der Waals surface area contributed by atoms with Crippen molar-refractivity contribution in [3.63, 3.8) is 0 Å². The molecule has 1 aromatic carbocycles. The Balaban J connectivity index is 1.70. The maximum absolute atomic E-state index is 13.2. The van der Waals surface area contributed by atoms with Crippen LogP contribution in [0.1, 0.15) is 39.1 Å². The van der Waals surface area contributed by atoms with E-state index in [1.165, 1.54) is 21.0 Å². The van der Waals surface area contributed by atoms with E-state index in [1.54, 1.807) is 52.1 Å². The van der Waals surface area contributed by atoms with E-state index in [0.29, 0.717) is 16.9 Å². The fourth-order valence-electron chi connectivity index (χ4n) is 4.67. The van der Waals surface area contributed by atoms with Crippen LogP contribution in [0.25, 0.3) is 10.9 Å². The molecule has 4 rings (SSSR count). The first-order valence-electron chi connectivity index (χ1n) is 12.0. The van der Waals surface area contributed by atoms with Crippen LogP contribution in [0.5, 0.6) is 0 Å². The van der Waals surface area contributed by atoms with Crippen LogP contribution in [-0.4, -0.2) is 65.0 Å². The molecule has 12 heteroatoms. The monoisotopic (exact) mass is 523 g/mol. The first-order chi connectivity index (χ1) is 17.8. The Morgan fingerprint density at radius 3 is 2.53 bits per heavy atom. The molecule has 1 aliphatic rings. The van der Waals surface area contributed by atoms with Crippen LogP contribution in [0.4, 0.5) is 10.6 Å². The number of para-hydroxylation sites is 1. The van der Waals surface area contributed by atoms with Crippen molar-refractivity contribution in [1.82, 2.24) is 19.0 Å². The molecule has 1 N–H and O–H groups in total. The Labute approximate surface area is 218 Å². The van der Waals surface area contributed by atoms with E-state index in [9.17, 15) is 29.6 Å². The van der Waals surface area contributed by atoms with E-state index < -0.39 is 34.3 Å². The summed E-state index contributed by atoms with van der Waals surface area (Å²) in [6.07, 6.45) is 2.26. The van der Waals surface area contributed by atoms with E-state index in [2.05, 4.69) is 4.98 Å². The molecule has 3 heterocycles. The van der Waals surface area contributed by atoms with Crippen molar-refractivity contribution >= 4 is 34.5 Å². The molecule has 0 fully saturated rings. The first-order valence-corrected chi connectivity index (χ1v) is 12.0. The molecular weight excluding hydrogens is 494 g/mol. The Morgan fingerprint density at radius 1 is 1.21 bits per heavy atom. The number of nitro groups is 1. The minimum atomic E-state index is -0.915. The molecule has 3 aromatic rings. The highest BCUT2D eigenvalue weighted by Gasteiger charge is 2.42. The Morgan fingerprint density at radius 2 is 1.89 bits per heavy atom. The highest BCUT2D eigenvalue weighted by molar-refractivity contribution is 6.20. The standard InChI is InChI=1S/C26H29N5O7/c1-15(32)22-23(33)20(29(24(22)34)11-10-28-16(2)27-13-21(28)31(36)37)12-17-14-30(25(35)38-26(3,4)5)19-9-7-6-8-18(17)19/h6-9,13-14,20,33H,10-12H2,1-5H3. The van der Waals surface area contributed by atoms with Gasteiger partial charge in [0.25, 0.3) is 5.91 Å². The number of aromatic nitrogens is 3. The zero-order valence-electron chi connectivity index (χ0n) is 21.8. The van der Waals surface area contributed by atoms with Crippen molar-refractivity contribution in [2.45, 2.75) is 59.2 Å². The van der Waals surface area contributed by atoms with Gasteiger partial charge in [-0.3, -0.25) is 14.2 Å². The summed E-state index contributed by atoms with van der Waals surface area (Å²) >= 11 is 0. The van der Waals surface area contributed by atoms with Crippen LogP contribution < -0.4 is 0 Å². The summed E-state index contributed by atoms with van der Waals surface area (Å²) < 4.78 is 8.28. The third kappa shape index (κ3) is 4.89. The van der Waals surface area contributed by atoms with Gasteiger partial charge in [-0.1, -0.05) is 18.2 Å². The number of benzene rings is 1. The Kier molecular flexibility index (Phi) is 6.83. The van der Waals surface area contributed by atoms with Crippen molar-refractivity contribution in [1.29, 1.82) is 0 Å².